The molecule has 0 bridgehead atoms. The van der Waals surface area contributed by atoms with E-state index in [2.05, 4.69) is 24.0 Å². The van der Waals surface area contributed by atoms with Gasteiger partial charge in [-0.1, -0.05) is 26.2 Å². The molecule has 3 N–H and O–H groups in total. The van der Waals surface area contributed by atoms with Crippen molar-refractivity contribution in [2.75, 3.05) is 18.1 Å². The second kappa shape index (κ2) is 9.67. The molecular formula is C16H32N2OS. The Kier molecular flexibility index (Phi) is 8.62. The van der Waals surface area contributed by atoms with E-state index in [1.165, 1.54) is 43.6 Å². The van der Waals surface area contributed by atoms with Gasteiger partial charge in [0.15, 0.2) is 0 Å². The zero-order chi connectivity index (χ0) is 14.8. The Hall–Kier alpha value is -0.220. The number of hydrogen-bond donors (Lipinski definition) is 2. The number of rotatable bonds is 11. The van der Waals surface area contributed by atoms with Crippen LogP contribution in [-0.4, -0.2) is 29.5 Å². The lowest BCUT2D eigenvalue weighted by molar-refractivity contribution is -0.124. The van der Waals surface area contributed by atoms with Crippen molar-refractivity contribution in [1.82, 2.24) is 5.32 Å². The highest BCUT2D eigenvalue weighted by atomic mass is 32.2. The van der Waals surface area contributed by atoms with Crippen molar-refractivity contribution < 1.29 is 4.79 Å². The van der Waals surface area contributed by atoms with Gasteiger partial charge in [0.25, 0.3) is 0 Å². The Morgan fingerprint density at radius 1 is 1.35 bits per heavy atom. The summed E-state index contributed by atoms with van der Waals surface area (Å²) >= 11 is 2.09. The van der Waals surface area contributed by atoms with E-state index in [1.807, 2.05) is 6.92 Å². The van der Waals surface area contributed by atoms with Crippen LogP contribution in [0.25, 0.3) is 0 Å². The fraction of sp³-hybridized carbons (Fsp3) is 0.938. The molecule has 0 aliphatic heterocycles. The molecule has 1 fully saturated rings. The summed E-state index contributed by atoms with van der Waals surface area (Å²) in [6.07, 6.45) is 9.90. The summed E-state index contributed by atoms with van der Waals surface area (Å²) in [7, 11) is 0. The van der Waals surface area contributed by atoms with E-state index in [4.69, 9.17) is 5.73 Å². The average molecular weight is 301 g/mol. The molecule has 3 nitrogen and oxygen atoms in total. The molecule has 0 aromatic carbocycles. The van der Waals surface area contributed by atoms with Crippen LogP contribution in [0.1, 0.15) is 65.2 Å². The number of primary amides is 1. The van der Waals surface area contributed by atoms with E-state index in [9.17, 15) is 4.79 Å². The molecular weight excluding hydrogens is 268 g/mol. The maximum Gasteiger partial charge on any atom is 0.237 e. The van der Waals surface area contributed by atoms with Crippen LogP contribution in [0, 0.1) is 5.92 Å². The third-order valence-corrected chi connectivity index (χ3v) is 5.64. The molecule has 1 aliphatic carbocycles. The van der Waals surface area contributed by atoms with E-state index in [0.717, 1.165) is 31.7 Å². The summed E-state index contributed by atoms with van der Waals surface area (Å²) in [6.45, 7) is 4.90. The third kappa shape index (κ3) is 6.49. The molecule has 1 unspecified atom stereocenters. The summed E-state index contributed by atoms with van der Waals surface area (Å²) in [5, 5.41) is 3.30. The Balaban J connectivity index is 2.09. The number of thioether (sulfide) groups is 1. The fourth-order valence-corrected chi connectivity index (χ4v) is 4.05. The van der Waals surface area contributed by atoms with Crippen molar-refractivity contribution in [2.24, 2.45) is 11.7 Å². The molecule has 0 heterocycles. The van der Waals surface area contributed by atoms with Crippen LogP contribution in [0.3, 0.4) is 0 Å². The van der Waals surface area contributed by atoms with E-state index in [0.29, 0.717) is 0 Å². The number of nitrogens with one attached hydrogen (secondary N) is 1. The van der Waals surface area contributed by atoms with E-state index in [-0.39, 0.29) is 5.91 Å². The van der Waals surface area contributed by atoms with Crippen molar-refractivity contribution in [3.63, 3.8) is 0 Å². The smallest absolute Gasteiger partial charge is 0.237 e. The van der Waals surface area contributed by atoms with Gasteiger partial charge in [-0.25, -0.2) is 0 Å². The zero-order valence-corrected chi connectivity index (χ0v) is 14.1. The number of carbonyl (C=O) groups excluding carboxylic acids is 1. The normalized spacial score (nSPS) is 19.1. The molecule has 1 amide bonds. The molecule has 0 aromatic heterocycles. The highest BCUT2D eigenvalue weighted by molar-refractivity contribution is 7.99. The number of hydrogen-bond acceptors (Lipinski definition) is 3. The zero-order valence-electron chi connectivity index (χ0n) is 13.2. The van der Waals surface area contributed by atoms with Crippen LogP contribution in [0.5, 0.6) is 0 Å². The first-order valence-electron chi connectivity index (χ1n) is 8.21. The summed E-state index contributed by atoms with van der Waals surface area (Å²) < 4.78 is 0. The highest BCUT2D eigenvalue weighted by Gasteiger charge is 2.29. The molecule has 0 aromatic rings. The van der Waals surface area contributed by atoms with Crippen LogP contribution in [-0.2, 0) is 4.79 Å². The number of unbranched alkanes of at least 4 members (excludes halogenated alkanes) is 1. The van der Waals surface area contributed by atoms with Crippen LogP contribution >= 0.6 is 11.8 Å². The quantitative estimate of drug-likeness (QED) is 0.576. The van der Waals surface area contributed by atoms with Gasteiger partial charge in [0.05, 0.1) is 5.54 Å². The standard InChI is InChI=1S/C16H32N2OS/c1-3-11-18-16(2,15(17)19)10-6-7-12-20-13-14-8-4-5-9-14/h14,18H,3-13H2,1-2H3,(H2,17,19). The SMILES string of the molecule is CCCNC(C)(CCCCSCC1CCCC1)C(N)=O. The van der Waals surface area contributed by atoms with Crippen LogP contribution in [0.15, 0.2) is 0 Å². The highest BCUT2D eigenvalue weighted by Crippen LogP contribution is 2.28. The first kappa shape index (κ1) is 17.8. The summed E-state index contributed by atoms with van der Waals surface area (Å²) in [5.41, 5.74) is 5.01. The van der Waals surface area contributed by atoms with Gasteiger partial charge in [-0.3, -0.25) is 4.79 Å². The van der Waals surface area contributed by atoms with Gasteiger partial charge in [0, 0.05) is 0 Å². The monoisotopic (exact) mass is 300 g/mol. The first-order chi connectivity index (χ1) is 9.58. The minimum Gasteiger partial charge on any atom is -0.368 e. The Morgan fingerprint density at radius 3 is 2.65 bits per heavy atom. The second-order valence-corrected chi connectivity index (χ2v) is 7.46. The average Bonchev–Trinajstić information content (AvgIpc) is 2.93. The number of amides is 1. The second-order valence-electron chi connectivity index (χ2n) is 6.31. The van der Waals surface area contributed by atoms with Gasteiger partial charge in [0.2, 0.25) is 5.91 Å². The molecule has 1 saturated carbocycles. The Bertz CT molecular complexity index is 280. The van der Waals surface area contributed by atoms with E-state index >= 15 is 0 Å². The van der Waals surface area contributed by atoms with Crippen molar-refractivity contribution >= 4 is 17.7 Å². The largest absolute Gasteiger partial charge is 0.368 e. The minimum atomic E-state index is -0.522. The third-order valence-electron chi connectivity index (χ3n) is 4.35. The molecule has 0 saturated heterocycles. The molecule has 20 heavy (non-hydrogen) atoms. The number of nitrogens with two attached hydrogens (primary N) is 1. The maximum atomic E-state index is 11.6. The number of carbonyl (C=O) groups is 1. The van der Waals surface area contributed by atoms with Crippen molar-refractivity contribution in [2.45, 2.75) is 70.8 Å². The summed E-state index contributed by atoms with van der Waals surface area (Å²) in [6, 6.07) is 0. The lowest BCUT2D eigenvalue weighted by Crippen LogP contribution is -2.53. The Morgan fingerprint density at radius 2 is 2.05 bits per heavy atom. The summed E-state index contributed by atoms with van der Waals surface area (Å²) in [5.74, 6) is 3.31. The van der Waals surface area contributed by atoms with Gasteiger partial charge in [0.1, 0.15) is 0 Å². The molecule has 118 valence electrons. The van der Waals surface area contributed by atoms with Crippen molar-refractivity contribution in [3.8, 4) is 0 Å². The lowest BCUT2D eigenvalue weighted by Gasteiger charge is -2.27. The maximum absolute atomic E-state index is 11.6. The predicted octanol–water partition coefficient (Wildman–Crippen LogP) is 3.32. The van der Waals surface area contributed by atoms with E-state index in [1.54, 1.807) is 0 Å². The van der Waals surface area contributed by atoms with Crippen molar-refractivity contribution in [1.29, 1.82) is 0 Å². The van der Waals surface area contributed by atoms with Crippen molar-refractivity contribution in [3.05, 3.63) is 0 Å². The predicted molar refractivity (Wildman–Crippen MR) is 89.0 cm³/mol. The molecule has 1 atom stereocenters. The van der Waals surface area contributed by atoms with Gasteiger partial charge in [-0.05, 0) is 63.0 Å². The first-order valence-corrected chi connectivity index (χ1v) is 9.36. The van der Waals surface area contributed by atoms with Gasteiger partial charge in [-0.15, -0.1) is 0 Å². The minimum absolute atomic E-state index is 0.218. The summed E-state index contributed by atoms with van der Waals surface area (Å²) in [4.78, 5) is 11.6. The molecule has 0 radical (unpaired) electrons. The lowest BCUT2D eigenvalue weighted by atomic mass is 9.94. The van der Waals surface area contributed by atoms with Gasteiger partial charge >= 0.3 is 0 Å². The van der Waals surface area contributed by atoms with Gasteiger partial charge < -0.3 is 11.1 Å². The van der Waals surface area contributed by atoms with Crippen LogP contribution < -0.4 is 11.1 Å². The van der Waals surface area contributed by atoms with Gasteiger partial charge in [-0.2, -0.15) is 11.8 Å². The molecule has 0 spiro atoms. The fourth-order valence-electron chi connectivity index (χ4n) is 2.81. The molecule has 1 aliphatic rings. The van der Waals surface area contributed by atoms with Crippen LogP contribution in [0.4, 0.5) is 0 Å². The Labute approximate surface area is 128 Å². The molecule has 1 rings (SSSR count). The van der Waals surface area contributed by atoms with Crippen LogP contribution in [0.2, 0.25) is 0 Å². The van der Waals surface area contributed by atoms with E-state index < -0.39 is 5.54 Å². The topological polar surface area (TPSA) is 55.1 Å². The molecule has 4 heteroatoms.